The van der Waals surface area contributed by atoms with Gasteiger partial charge in [0.15, 0.2) is 0 Å². The topological polar surface area (TPSA) is 32.6 Å². The molecule has 1 aliphatic carbocycles. The fourth-order valence-corrected chi connectivity index (χ4v) is 3.10. The molecule has 4 rings (SSSR count). The molecule has 2 fully saturated rings. The first-order chi connectivity index (χ1) is 9.40. The molecule has 1 N–H and O–H groups in total. The molecular formula is C15H20N4. The van der Waals surface area contributed by atoms with E-state index in [2.05, 4.69) is 27.4 Å². The Hall–Kier alpha value is -1.39. The second kappa shape index (κ2) is 4.62. The number of nitrogens with zero attached hydrogens (tertiary/aromatic N) is 3. The highest BCUT2D eigenvalue weighted by molar-refractivity contribution is 5.53. The Morgan fingerprint density at radius 2 is 2.21 bits per heavy atom. The largest absolute Gasteiger partial charge is 0.308 e. The highest BCUT2D eigenvalue weighted by Crippen LogP contribution is 2.29. The Bertz CT molecular complexity index is 572. The molecule has 2 aromatic rings. The second-order valence-corrected chi connectivity index (χ2v) is 5.79. The van der Waals surface area contributed by atoms with Crippen molar-refractivity contribution >= 4 is 5.52 Å². The van der Waals surface area contributed by atoms with Crippen LogP contribution in [-0.4, -0.2) is 39.7 Å². The van der Waals surface area contributed by atoms with E-state index in [1.165, 1.54) is 43.4 Å². The van der Waals surface area contributed by atoms with E-state index in [9.17, 15) is 0 Å². The van der Waals surface area contributed by atoms with E-state index < -0.39 is 0 Å². The average molecular weight is 256 g/mol. The van der Waals surface area contributed by atoms with Crippen LogP contribution < -0.4 is 5.32 Å². The van der Waals surface area contributed by atoms with Gasteiger partial charge >= 0.3 is 0 Å². The van der Waals surface area contributed by atoms with Gasteiger partial charge in [0, 0.05) is 43.5 Å². The fraction of sp³-hybridized carbons (Fsp3) is 0.533. The Morgan fingerprint density at radius 3 is 3.11 bits per heavy atom. The maximum absolute atomic E-state index is 4.38. The summed E-state index contributed by atoms with van der Waals surface area (Å²) in [7, 11) is 0. The van der Waals surface area contributed by atoms with Crippen LogP contribution in [0.5, 0.6) is 0 Å². The van der Waals surface area contributed by atoms with Gasteiger partial charge in [-0.15, -0.1) is 0 Å². The van der Waals surface area contributed by atoms with Gasteiger partial charge in [0.1, 0.15) is 0 Å². The number of nitrogens with one attached hydrogen (secondary N) is 1. The van der Waals surface area contributed by atoms with E-state index in [0.29, 0.717) is 6.04 Å². The lowest BCUT2D eigenvalue weighted by molar-refractivity contribution is 0.317. The minimum Gasteiger partial charge on any atom is -0.308 e. The minimum absolute atomic E-state index is 0.652. The molecule has 4 nitrogen and oxygen atoms in total. The van der Waals surface area contributed by atoms with Gasteiger partial charge in [0.2, 0.25) is 0 Å². The van der Waals surface area contributed by atoms with Crippen LogP contribution in [0.3, 0.4) is 0 Å². The quantitative estimate of drug-likeness (QED) is 0.903. The summed E-state index contributed by atoms with van der Waals surface area (Å²) in [5.41, 5.74) is 2.51. The molecule has 2 aliphatic rings. The first-order valence-electron chi connectivity index (χ1n) is 7.29. The molecule has 0 amide bonds. The number of pyridine rings is 1. The number of fused-ring (bicyclic) bond motifs is 1. The van der Waals surface area contributed by atoms with E-state index in [1.807, 2.05) is 23.0 Å². The van der Waals surface area contributed by atoms with E-state index in [-0.39, 0.29) is 0 Å². The van der Waals surface area contributed by atoms with Gasteiger partial charge in [-0.25, -0.2) is 4.52 Å². The van der Waals surface area contributed by atoms with Gasteiger partial charge < -0.3 is 5.32 Å². The van der Waals surface area contributed by atoms with E-state index >= 15 is 0 Å². The number of aromatic nitrogens is 2. The van der Waals surface area contributed by atoms with Crippen LogP contribution in [0.1, 0.15) is 24.8 Å². The molecule has 19 heavy (non-hydrogen) atoms. The SMILES string of the molecule is c1ccn2ncc(CNC3CCN(C4CC4)C3)c2c1. The third-order valence-electron chi connectivity index (χ3n) is 4.37. The van der Waals surface area contributed by atoms with Gasteiger partial charge in [-0.05, 0) is 31.4 Å². The Balaban J connectivity index is 1.39. The van der Waals surface area contributed by atoms with Crippen LogP contribution in [0.25, 0.3) is 5.52 Å². The molecule has 1 aliphatic heterocycles. The molecule has 0 spiro atoms. The third kappa shape index (κ3) is 2.26. The maximum Gasteiger partial charge on any atom is 0.0706 e. The second-order valence-electron chi connectivity index (χ2n) is 5.79. The highest BCUT2D eigenvalue weighted by atomic mass is 15.2. The van der Waals surface area contributed by atoms with Crippen molar-refractivity contribution < 1.29 is 0 Å². The molecule has 2 aromatic heterocycles. The van der Waals surface area contributed by atoms with Crippen molar-refractivity contribution in [1.82, 2.24) is 19.8 Å². The summed E-state index contributed by atoms with van der Waals surface area (Å²) in [6.07, 6.45) is 8.11. The zero-order valence-electron chi connectivity index (χ0n) is 11.1. The number of likely N-dealkylation sites (tertiary alicyclic amines) is 1. The highest BCUT2D eigenvalue weighted by Gasteiger charge is 2.34. The average Bonchev–Trinajstić information content (AvgIpc) is 3.05. The predicted octanol–water partition coefficient (Wildman–Crippen LogP) is 1.66. The summed E-state index contributed by atoms with van der Waals surface area (Å²) in [6, 6.07) is 7.78. The van der Waals surface area contributed by atoms with Gasteiger partial charge in [0.05, 0.1) is 11.7 Å². The zero-order valence-corrected chi connectivity index (χ0v) is 11.1. The predicted molar refractivity (Wildman–Crippen MR) is 75.0 cm³/mol. The molecule has 3 heterocycles. The minimum atomic E-state index is 0.652. The number of hydrogen-bond donors (Lipinski definition) is 1. The molecule has 0 bridgehead atoms. The van der Waals surface area contributed by atoms with Crippen molar-refractivity contribution in [1.29, 1.82) is 0 Å². The summed E-state index contributed by atoms with van der Waals surface area (Å²) >= 11 is 0. The molecule has 0 aromatic carbocycles. The first-order valence-corrected chi connectivity index (χ1v) is 7.29. The van der Waals surface area contributed by atoms with Crippen molar-refractivity contribution in [3.63, 3.8) is 0 Å². The van der Waals surface area contributed by atoms with Crippen LogP contribution >= 0.6 is 0 Å². The third-order valence-corrected chi connectivity index (χ3v) is 4.37. The van der Waals surface area contributed by atoms with Crippen LogP contribution in [0.2, 0.25) is 0 Å². The standard InChI is InChI=1S/C15H20N4/c1-2-7-19-15(3-1)12(10-17-19)9-16-13-6-8-18(11-13)14-4-5-14/h1-3,7,10,13-14,16H,4-6,8-9,11H2. The number of rotatable bonds is 4. The van der Waals surface area contributed by atoms with Crippen molar-refractivity contribution in [3.05, 3.63) is 36.2 Å². The summed E-state index contributed by atoms with van der Waals surface area (Å²) in [5, 5.41) is 8.08. The summed E-state index contributed by atoms with van der Waals surface area (Å²) in [5.74, 6) is 0. The lowest BCUT2D eigenvalue weighted by atomic mass is 10.2. The van der Waals surface area contributed by atoms with Crippen LogP contribution in [0.15, 0.2) is 30.6 Å². The molecule has 1 saturated carbocycles. The Labute approximate surface area is 113 Å². The normalized spacial score (nSPS) is 24.3. The molecule has 100 valence electrons. The summed E-state index contributed by atoms with van der Waals surface area (Å²) in [4.78, 5) is 2.65. The number of hydrogen-bond acceptors (Lipinski definition) is 3. The van der Waals surface area contributed by atoms with Crippen LogP contribution in [-0.2, 0) is 6.54 Å². The molecule has 0 radical (unpaired) electrons. The van der Waals surface area contributed by atoms with Crippen molar-refractivity contribution in [3.8, 4) is 0 Å². The van der Waals surface area contributed by atoms with Crippen LogP contribution in [0.4, 0.5) is 0 Å². The van der Waals surface area contributed by atoms with E-state index in [1.54, 1.807) is 0 Å². The maximum atomic E-state index is 4.38. The van der Waals surface area contributed by atoms with Crippen molar-refractivity contribution in [2.75, 3.05) is 13.1 Å². The smallest absolute Gasteiger partial charge is 0.0706 e. The van der Waals surface area contributed by atoms with E-state index in [0.717, 1.165) is 12.6 Å². The van der Waals surface area contributed by atoms with Crippen molar-refractivity contribution in [2.24, 2.45) is 0 Å². The summed E-state index contributed by atoms with van der Waals surface area (Å²) < 4.78 is 1.95. The van der Waals surface area contributed by atoms with Gasteiger partial charge in [-0.1, -0.05) is 6.07 Å². The molecule has 1 atom stereocenters. The molecular weight excluding hydrogens is 236 g/mol. The van der Waals surface area contributed by atoms with Gasteiger partial charge in [0.25, 0.3) is 0 Å². The lowest BCUT2D eigenvalue weighted by Crippen LogP contribution is -2.32. The Kier molecular flexibility index (Phi) is 2.78. The monoisotopic (exact) mass is 256 g/mol. The first kappa shape index (κ1) is 11.4. The molecule has 1 unspecified atom stereocenters. The Morgan fingerprint density at radius 1 is 1.26 bits per heavy atom. The van der Waals surface area contributed by atoms with E-state index in [4.69, 9.17) is 0 Å². The van der Waals surface area contributed by atoms with Gasteiger partial charge in [-0.3, -0.25) is 4.90 Å². The zero-order chi connectivity index (χ0) is 12.7. The fourth-order valence-electron chi connectivity index (χ4n) is 3.10. The lowest BCUT2D eigenvalue weighted by Gasteiger charge is -2.15. The van der Waals surface area contributed by atoms with Gasteiger partial charge in [-0.2, -0.15) is 5.10 Å². The summed E-state index contributed by atoms with van der Waals surface area (Å²) in [6.45, 7) is 3.43. The van der Waals surface area contributed by atoms with Crippen molar-refractivity contribution in [2.45, 2.75) is 37.9 Å². The van der Waals surface area contributed by atoms with Crippen LogP contribution in [0, 0.1) is 0 Å². The molecule has 1 saturated heterocycles. The molecule has 4 heteroatoms.